The number of anilines is 4. The zero-order valence-electron chi connectivity index (χ0n) is 34.7. The van der Waals surface area contributed by atoms with Crippen LogP contribution in [0.1, 0.15) is 77.6 Å². The number of benzene rings is 4. The van der Waals surface area contributed by atoms with E-state index in [1.165, 1.54) is 6.08 Å². The van der Waals surface area contributed by atoms with Crippen LogP contribution in [0, 0.1) is 0 Å². The molecule has 0 atom stereocenters. The van der Waals surface area contributed by atoms with Gasteiger partial charge >= 0.3 is 15.6 Å². The van der Waals surface area contributed by atoms with Gasteiger partial charge in [0.2, 0.25) is 0 Å². The van der Waals surface area contributed by atoms with E-state index in [1.807, 2.05) is 58.0 Å². The molecule has 308 valence electrons. The molecule has 0 fully saturated rings. The lowest BCUT2D eigenvalue weighted by atomic mass is 9.85. The van der Waals surface area contributed by atoms with Crippen molar-refractivity contribution >= 4 is 38.4 Å². The fraction of sp³-hybridized carbons (Fsp3) is 0.391. The Morgan fingerprint density at radius 2 is 0.789 bits per heavy atom. The molecule has 0 amide bonds. The van der Waals surface area contributed by atoms with Gasteiger partial charge in [-0.3, -0.25) is 0 Å². The molecule has 0 unspecified atom stereocenters. The summed E-state index contributed by atoms with van der Waals surface area (Å²) in [6.45, 7) is 22.7. The first-order valence-corrected chi connectivity index (χ1v) is 21.5. The predicted octanol–water partition coefficient (Wildman–Crippen LogP) is 10.9. The highest BCUT2D eigenvalue weighted by molar-refractivity contribution is 7.87. The van der Waals surface area contributed by atoms with E-state index < -0.39 is 21.2 Å². The first-order valence-electron chi connectivity index (χ1n) is 20.1. The van der Waals surface area contributed by atoms with E-state index in [0.29, 0.717) is 26.2 Å². The highest BCUT2D eigenvalue weighted by atomic mass is 32.2. The SMILES string of the molecule is CCN(CC)c1ccc(C(=CC=CC(OS(=O)(=O)C(F)(F)F)(c2ccc(N(CC)CC)cc2)c2ccc(N(CC)CC)cc2)c2ccc(N(CC)CC)cc2)cc1. The van der Waals surface area contributed by atoms with Gasteiger partial charge < -0.3 is 19.6 Å². The molecule has 0 N–H and O–H groups in total. The summed E-state index contributed by atoms with van der Waals surface area (Å²) in [7, 11) is -6.12. The van der Waals surface area contributed by atoms with E-state index in [2.05, 4.69) is 71.6 Å². The first-order chi connectivity index (χ1) is 27.3. The molecule has 11 heteroatoms. The van der Waals surface area contributed by atoms with Crippen molar-refractivity contribution in [3.63, 3.8) is 0 Å². The van der Waals surface area contributed by atoms with Crippen molar-refractivity contribution in [1.82, 2.24) is 0 Å². The quantitative estimate of drug-likeness (QED) is 0.0501. The van der Waals surface area contributed by atoms with Crippen LogP contribution in [0.4, 0.5) is 35.9 Å². The highest BCUT2D eigenvalue weighted by Crippen LogP contribution is 2.42. The average molecular weight is 805 g/mol. The third kappa shape index (κ3) is 10.4. The highest BCUT2D eigenvalue weighted by Gasteiger charge is 2.52. The number of rotatable bonds is 20. The predicted molar refractivity (Wildman–Crippen MR) is 233 cm³/mol. The molecule has 57 heavy (non-hydrogen) atoms. The zero-order chi connectivity index (χ0) is 41.8. The molecule has 7 nitrogen and oxygen atoms in total. The van der Waals surface area contributed by atoms with Crippen LogP contribution in [-0.4, -0.2) is 66.3 Å². The van der Waals surface area contributed by atoms with Gasteiger partial charge in [0.1, 0.15) is 0 Å². The van der Waals surface area contributed by atoms with Crippen LogP contribution in [0.15, 0.2) is 115 Å². The summed E-state index contributed by atoms with van der Waals surface area (Å²) < 4.78 is 74.7. The molecule has 0 bridgehead atoms. The Bertz CT molecular complexity index is 1880. The van der Waals surface area contributed by atoms with Gasteiger partial charge in [-0.1, -0.05) is 60.7 Å². The van der Waals surface area contributed by atoms with Crippen LogP contribution < -0.4 is 19.6 Å². The van der Waals surface area contributed by atoms with Gasteiger partial charge in [-0.25, -0.2) is 4.18 Å². The van der Waals surface area contributed by atoms with E-state index in [1.54, 1.807) is 54.6 Å². The van der Waals surface area contributed by atoms with Gasteiger partial charge in [-0.2, -0.15) is 21.6 Å². The molecule has 4 aromatic carbocycles. The fourth-order valence-electron chi connectivity index (χ4n) is 7.24. The van der Waals surface area contributed by atoms with Crippen molar-refractivity contribution in [2.45, 2.75) is 66.5 Å². The Labute approximate surface area is 339 Å². The Hall–Kier alpha value is -4.74. The monoisotopic (exact) mass is 804 g/mol. The van der Waals surface area contributed by atoms with Crippen molar-refractivity contribution in [3.8, 4) is 0 Å². The maximum atomic E-state index is 14.3. The topological polar surface area (TPSA) is 56.3 Å². The van der Waals surface area contributed by atoms with Crippen molar-refractivity contribution in [2.24, 2.45) is 0 Å². The molecule has 0 saturated carbocycles. The van der Waals surface area contributed by atoms with E-state index in [-0.39, 0.29) is 11.1 Å². The molecule has 4 aromatic rings. The van der Waals surface area contributed by atoms with Gasteiger partial charge in [0.15, 0.2) is 5.60 Å². The minimum absolute atomic E-state index is 0.222. The third-order valence-corrected chi connectivity index (χ3v) is 11.6. The number of halogens is 3. The Morgan fingerprint density at radius 1 is 0.509 bits per heavy atom. The Balaban J connectivity index is 2.02. The summed E-state index contributed by atoms with van der Waals surface area (Å²) in [5.41, 5.74) is -1.02. The van der Waals surface area contributed by atoms with E-state index >= 15 is 0 Å². The van der Waals surface area contributed by atoms with Crippen molar-refractivity contribution < 1.29 is 25.8 Å². The van der Waals surface area contributed by atoms with Gasteiger partial charge in [0, 0.05) is 75.1 Å². The van der Waals surface area contributed by atoms with Crippen LogP contribution in [0.25, 0.3) is 5.57 Å². The molecule has 0 radical (unpaired) electrons. The minimum Gasteiger partial charge on any atom is -0.372 e. The average Bonchev–Trinajstić information content (AvgIpc) is 3.22. The summed E-state index contributed by atoms with van der Waals surface area (Å²) >= 11 is 0. The minimum atomic E-state index is -6.12. The number of allylic oxidation sites excluding steroid dienone is 2. The number of alkyl halides is 3. The van der Waals surface area contributed by atoms with Gasteiger partial charge in [0.25, 0.3) is 0 Å². The summed E-state index contributed by atoms with van der Waals surface area (Å²) in [5.74, 6) is 0. The molecule has 0 aliphatic rings. The van der Waals surface area contributed by atoms with Gasteiger partial charge in [-0.15, -0.1) is 0 Å². The second-order valence-corrected chi connectivity index (χ2v) is 15.1. The van der Waals surface area contributed by atoms with Crippen molar-refractivity contribution in [3.05, 3.63) is 138 Å². The Morgan fingerprint density at radius 3 is 1.05 bits per heavy atom. The molecule has 0 spiro atoms. The summed E-state index contributed by atoms with van der Waals surface area (Å²) in [6.07, 6.45) is 4.84. The van der Waals surface area contributed by atoms with Crippen LogP contribution >= 0.6 is 0 Å². The molecule has 0 aliphatic heterocycles. The molecule has 0 aliphatic carbocycles. The lowest BCUT2D eigenvalue weighted by Gasteiger charge is -2.33. The van der Waals surface area contributed by atoms with Gasteiger partial charge in [0.05, 0.1) is 0 Å². The van der Waals surface area contributed by atoms with Crippen LogP contribution in [0.2, 0.25) is 0 Å². The van der Waals surface area contributed by atoms with Crippen LogP contribution in [0.5, 0.6) is 0 Å². The molecule has 0 saturated heterocycles. The second kappa shape index (κ2) is 20.1. The normalized spacial score (nSPS) is 12.1. The summed E-state index contributed by atoms with van der Waals surface area (Å²) in [6, 6.07) is 30.1. The first kappa shape index (κ1) is 45.0. The van der Waals surface area contributed by atoms with Crippen LogP contribution in [0.3, 0.4) is 0 Å². The molecule has 4 rings (SSSR count). The van der Waals surface area contributed by atoms with E-state index in [0.717, 1.165) is 65.6 Å². The third-order valence-electron chi connectivity index (χ3n) is 10.6. The molecule has 0 heterocycles. The maximum Gasteiger partial charge on any atom is 0.523 e. The van der Waals surface area contributed by atoms with Crippen molar-refractivity contribution in [1.29, 1.82) is 0 Å². The van der Waals surface area contributed by atoms with Crippen LogP contribution in [-0.2, 0) is 19.9 Å². The molecule has 0 aromatic heterocycles. The summed E-state index contributed by atoms with van der Waals surface area (Å²) in [4.78, 5) is 8.69. The number of hydrogen-bond donors (Lipinski definition) is 0. The number of hydrogen-bond acceptors (Lipinski definition) is 7. The standard InChI is InChI=1S/C46H59F3N4O3S/c1-9-50(10-2)40-27-19-36(20-28-40)44(37-21-29-41(30-22-37)51(11-3)12-4)18-17-35-45(56-57(54,55)46(47,48)49,38-23-31-42(32-24-38)52(13-5)14-6)39-25-33-43(34-26-39)53(15-7)16-8/h17-35H,9-16H2,1-8H3. The lowest BCUT2D eigenvalue weighted by Crippen LogP contribution is -2.37. The smallest absolute Gasteiger partial charge is 0.372 e. The van der Waals surface area contributed by atoms with Crippen molar-refractivity contribution in [2.75, 3.05) is 72.0 Å². The molecular formula is C46H59F3N4O3S. The van der Waals surface area contributed by atoms with E-state index in [4.69, 9.17) is 4.18 Å². The van der Waals surface area contributed by atoms with E-state index in [9.17, 15) is 21.6 Å². The fourth-order valence-corrected chi connectivity index (χ4v) is 7.93. The maximum absolute atomic E-state index is 14.3. The zero-order valence-corrected chi connectivity index (χ0v) is 35.5. The Kier molecular flexibility index (Phi) is 15.9. The summed E-state index contributed by atoms with van der Waals surface area (Å²) in [5, 5.41) is 0. The molecular weight excluding hydrogens is 746 g/mol. The largest absolute Gasteiger partial charge is 0.523 e. The second-order valence-electron chi connectivity index (χ2n) is 13.5. The van der Waals surface area contributed by atoms with Gasteiger partial charge in [-0.05, 0) is 138 Å². The number of nitrogens with zero attached hydrogens (tertiary/aromatic N) is 4. The lowest BCUT2D eigenvalue weighted by molar-refractivity contribution is -0.0596.